The number of hydrogen-bond acceptors (Lipinski definition) is 3. The maximum Gasteiger partial charge on any atom is 0.133 e. The number of nitrogens with one attached hydrogen (secondary N) is 1. The average Bonchev–Trinajstić information content (AvgIpc) is 2.40. The van der Waals surface area contributed by atoms with E-state index in [1.165, 1.54) is 5.56 Å². The molecule has 0 amide bonds. The fourth-order valence-electron chi connectivity index (χ4n) is 2.43. The molecule has 100 valence electrons. The van der Waals surface area contributed by atoms with Gasteiger partial charge in [-0.2, -0.15) is 0 Å². The van der Waals surface area contributed by atoms with Gasteiger partial charge in [0.05, 0.1) is 11.6 Å². The van der Waals surface area contributed by atoms with Crippen LogP contribution < -0.4 is 10.1 Å². The van der Waals surface area contributed by atoms with E-state index in [1.54, 1.807) is 7.11 Å². The van der Waals surface area contributed by atoms with Gasteiger partial charge < -0.3 is 10.1 Å². The van der Waals surface area contributed by atoms with Crippen molar-refractivity contribution in [3.05, 3.63) is 28.2 Å². The molecule has 1 N–H and O–H groups in total. The summed E-state index contributed by atoms with van der Waals surface area (Å²) in [5.74, 6) is 0.897. The number of rotatable bonds is 4. The zero-order valence-electron chi connectivity index (χ0n) is 11.1. The Balaban J connectivity index is 1.97. The van der Waals surface area contributed by atoms with Crippen molar-refractivity contribution in [1.29, 1.82) is 0 Å². The minimum absolute atomic E-state index is 0.590. The van der Waals surface area contributed by atoms with Crippen LogP contribution in [0.15, 0.2) is 22.7 Å². The van der Waals surface area contributed by atoms with E-state index in [4.69, 9.17) is 4.74 Å². The largest absolute Gasteiger partial charge is 0.496 e. The molecule has 1 atom stereocenters. The summed E-state index contributed by atoms with van der Waals surface area (Å²) in [5, 5.41) is 3.39. The second-order valence-corrected chi connectivity index (χ2v) is 5.66. The molecule has 3 nitrogen and oxygen atoms in total. The highest BCUT2D eigenvalue weighted by Gasteiger charge is 2.16. The van der Waals surface area contributed by atoms with E-state index < -0.39 is 0 Å². The van der Waals surface area contributed by atoms with Crippen molar-refractivity contribution < 1.29 is 4.74 Å². The fraction of sp³-hybridized carbons (Fsp3) is 0.571. The highest BCUT2D eigenvalue weighted by molar-refractivity contribution is 9.10. The molecule has 1 aliphatic heterocycles. The molecule has 0 aliphatic carbocycles. The fourth-order valence-corrected chi connectivity index (χ4v) is 3.02. The monoisotopic (exact) mass is 312 g/mol. The van der Waals surface area contributed by atoms with Gasteiger partial charge >= 0.3 is 0 Å². The molecule has 0 bridgehead atoms. The number of methoxy groups -OCH3 is 1. The van der Waals surface area contributed by atoms with Gasteiger partial charge in [0.25, 0.3) is 0 Å². The lowest BCUT2D eigenvalue weighted by Gasteiger charge is -2.33. The van der Waals surface area contributed by atoms with Gasteiger partial charge in [0.2, 0.25) is 0 Å². The number of benzene rings is 1. The van der Waals surface area contributed by atoms with Crippen molar-refractivity contribution in [2.45, 2.75) is 19.4 Å². The molecule has 1 aromatic rings. The summed E-state index contributed by atoms with van der Waals surface area (Å²) in [6, 6.07) is 6.94. The van der Waals surface area contributed by atoms with Gasteiger partial charge in [0, 0.05) is 32.2 Å². The Hall–Kier alpha value is -0.580. The van der Waals surface area contributed by atoms with E-state index in [1.807, 2.05) is 6.07 Å². The summed E-state index contributed by atoms with van der Waals surface area (Å²) in [6.07, 6.45) is 1.09. The van der Waals surface area contributed by atoms with Crippen LogP contribution >= 0.6 is 15.9 Å². The maximum absolute atomic E-state index is 5.26. The zero-order valence-corrected chi connectivity index (χ0v) is 12.7. The molecule has 0 saturated carbocycles. The van der Waals surface area contributed by atoms with Crippen molar-refractivity contribution in [3.8, 4) is 5.75 Å². The molecule has 18 heavy (non-hydrogen) atoms. The molecule has 4 heteroatoms. The minimum atomic E-state index is 0.590. The van der Waals surface area contributed by atoms with Crippen LogP contribution in [0.2, 0.25) is 0 Å². The van der Waals surface area contributed by atoms with E-state index >= 15 is 0 Å². The Morgan fingerprint density at radius 3 is 2.72 bits per heavy atom. The lowest BCUT2D eigenvalue weighted by atomic mass is 10.1. The standard InChI is InChI=1S/C14H21BrN2O/c1-11(17-7-5-16-6-8-17)9-12-3-4-14(18-2)13(15)10-12/h3-4,10-11,16H,5-9H2,1-2H3. The third kappa shape index (κ3) is 3.46. The molecule has 0 spiro atoms. The predicted octanol–water partition coefficient (Wildman–Crippen LogP) is 2.29. The normalized spacial score (nSPS) is 18.6. The Morgan fingerprint density at radius 1 is 1.39 bits per heavy atom. The van der Waals surface area contributed by atoms with Crippen LogP contribution in [-0.2, 0) is 6.42 Å². The van der Waals surface area contributed by atoms with Crippen LogP contribution in [0, 0.1) is 0 Å². The third-order valence-corrected chi connectivity index (χ3v) is 4.14. The second kappa shape index (κ2) is 6.55. The number of halogens is 1. The lowest BCUT2D eigenvalue weighted by molar-refractivity contribution is 0.183. The van der Waals surface area contributed by atoms with Crippen LogP contribution in [0.5, 0.6) is 5.75 Å². The smallest absolute Gasteiger partial charge is 0.133 e. The molecule has 1 aromatic carbocycles. The molecule has 1 saturated heterocycles. The maximum atomic E-state index is 5.26. The molecule has 1 heterocycles. The van der Waals surface area contributed by atoms with Crippen LogP contribution in [0.25, 0.3) is 0 Å². The van der Waals surface area contributed by atoms with Gasteiger partial charge in [-0.05, 0) is 47.0 Å². The van der Waals surface area contributed by atoms with E-state index in [0.29, 0.717) is 6.04 Å². The summed E-state index contributed by atoms with van der Waals surface area (Å²) in [6.45, 7) is 6.83. The van der Waals surface area contributed by atoms with Gasteiger partial charge in [0.1, 0.15) is 5.75 Å². The summed E-state index contributed by atoms with van der Waals surface area (Å²) in [5.41, 5.74) is 1.36. The summed E-state index contributed by atoms with van der Waals surface area (Å²) < 4.78 is 6.29. The lowest BCUT2D eigenvalue weighted by Crippen LogP contribution is -2.48. The van der Waals surface area contributed by atoms with E-state index in [-0.39, 0.29) is 0 Å². The predicted molar refractivity (Wildman–Crippen MR) is 78.3 cm³/mol. The summed E-state index contributed by atoms with van der Waals surface area (Å²) in [4.78, 5) is 2.55. The first-order chi connectivity index (χ1) is 8.70. The van der Waals surface area contributed by atoms with Gasteiger partial charge in [-0.25, -0.2) is 0 Å². The molecule has 1 aliphatic rings. The van der Waals surface area contributed by atoms with Gasteiger partial charge in [-0.3, -0.25) is 4.90 Å². The molecule has 0 aromatic heterocycles. The number of nitrogens with zero attached hydrogens (tertiary/aromatic N) is 1. The van der Waals surface area contributed by atoms with Gasteiger partial charge in [-0.1, -0.05) is 6.07 Å². The van der Waals surface area contributed by atoms with Crippen LogP contribution in [-0.4, -0.2) is 44.2 Å². The van der Waals surface area contributed by atoms with Crippen LogP contribution in [0.3, 0.4) is 0 Å². The number of ether oxygens (including phenoxy) is 1. The Bertz CT molecular complexity index is 391. The average molecular weight is 313 g/mol. The van der Waals surface area contributed by atoms with Crippen molar-refractivity contribution >= 4 is 15.9 Å². The van der Waals surface area contributed by atoms with Crippen molar-refractivity contribution in [2.24, 2.45) is 0 Å². The molecular weight excluding hydrogens is 292 g/mol. The SMILES string of the molecule is COc1ccc(CC(C)N2CCNCC2)cc1Br. The molecule has 1 unspecified atom stereocenters. The molecule has 0 radical (unpaired) electrons. The quantitative estimate of drug-likeness (QED) is 0.923. The third-order valence-electron chi connectivity index (χ3n) is 3.52. The minimum Gasteiger partial charge on any atom is -0.496 e. The zero-order chi connectivity index (χ0) is 13.0. The first kappa shape index (κ1) is 13.8. The highest BCUT2D eigenvalue weighted by atomic mass is 79.9. The van der Waals surface area contributed by atoms with Crippen molar-refractivity contribution in [3.63, 3.8) is 0 Å². The topological polar surface area (TPSA) is 24.5 Å². The van der Waals surface area contributed by atoms with Crippen LogP contribution in [0.4, 0.5) is 0 Å². The number of piperazine rings is 1. The first-order valence-electron chi connectivity index (χ1n) is 6.48. The summed E-state index contributed by atoms with van der Waals surface area (Å²) in [7, 11) is 1.70. The molecular formula is C14H21BrN2O. The molecule has 1 fully saturated rings. The second-order valence-electron chi connectivity index (χ2n) is 4.81. The van der Waals surface area contributed by atoms with Crippen molar-refractivity contribution in [2.75, 3.05) is 33.3 Å². The van der Waals surface area contributed by atoms with Crippen LogP contribution in [0.1, 0.15) is 12.5 Å². The Morgan fingerprint density at radius 2 is 2.11 bits per heavy atom. The number of hydrogen-bond donors (Lipinski definition) is 1. The Kier molecular flexibility index (Phi) is 5.03. The highest BCUT2D eigenvalue weighted by Crippen LogP contribution is 2.26. The van der Waals surface area contributed by atoms with Gasteiger partial charge in [0.15, 0.2) is 0 Å². The van der Waals surface area contributed by atoms with Gasteiger partial charge in [-0.15, -0.1) is 0 Å². The van der Waals surface area contributed by atoms with E-state index in [9.17, 15) is 0 Å². The van der Waals surface area contributed by atoms with Crippen molar-refractivity contribution in [1.82, 2.24) is 10.2 Å². The summed E-state index contributed by atoms with van der Waals surface area (Å²) >= 11 is 3.54. The first-order valence-corrected chi connectivity index (χ1v) is 7.27. The Labute approximate surface area is 118 Å². The van der Waals surface area contributed by atoms with E-state index in [2.05, 4.69) is 45.2 Å². The van der Waals surface area contributed by atoms with E-state index in [0.717, 1.165) is 42.8 Å². The molecule has 2 rings (SSSR count).